The fourth-order valence-electron chi connectivity index (χ4n) is 4.34. The van der Waals surface area contributed by atoms with Crippen LogP contribution in [0.3, 0.4) is 0 Å². The van der Waals surface area contributed by atoms with E-state index in [2.05, 4.69) is 27.5 Å². The van der Waals surface area contributed by atoms with E-state index in [1.165, 1.54) is 5.56 Å². The smallest absolute Gasteiger partial charge is 0.259 e. The van der Waals surface area contributed by atoms with Crippen LogP contribution in [-0.4, -0.2) is 45.0 Å². The Morgan fingerprint density at radius 1 is 1.15 bits per heavy atom. The number of hydrogen-bond acceptors (Lipinski definition) is 4. The third-order valence-corrected chi connectivity index (χ3v) is 5.48. The molecule has 1 aromatic carbocycles. The van der Waals surface area contributed by atoms with E-state index in [1.54, 1.807) is 16.9 Å². The average molecular weight is 370 g/mol. The van der Waals surface area contributed by atoms with Gasteiger partial charge in [-0.1, -0.05) is 30.3 Å². The molecule has 26 heavy (non-hydrogen) atoms. The summed E-state index contributed by atoms with van der Waals surface area (Å²) in [5, 5.41) is 7.76. The first kappa shape index (κ1) is 17.0. The van der Waals surface area contributed by atoms with Crippen molar-refractivity contribution in [1.29, 1.82) is 0 Å². The second-order valence-corrected chi connectivity index (χ2v) is 6.84. The molecular weight excluding hydrogens is 350 g/mol. The highest BCUT2D eigenvalue weighted by Gasteiger charge is 2.47. The predicted octanol–water partition coefficient (Wildman–Crippen LogP) is 2.18. The Hall–Kier alpha value is -2.44. The fraction of sp³-hybridized carbons (Fsp3) is 0.316. The van der Waals surface area contributed by atoms with Gasteiger partial charge < -0.3 is 10.2 Å². The summed E-state index contributed by atoms with van der Waals surface area (Å²) < 4.78 is 1.66. The van der Waals surface area contributed by atoms with Crippen molar-refractivity contribution in [3.05, 3.63) is 66.1 Å². The number of carbonyl (C=O) groups is 1. The Morgan fingerprint density at radius 2 is 2.00 bits per heavy atom. The number of amides is 1. The third-order valence-electron chi connectivity index (χ3n) is 5.48. The van der Waals surface area contributed by atoms with Gasteiger partial charge in [0.15, 0.2) is 5.65 Å². The highest BCUT2D eigenvalue weighted by molar-refractivity contribution is 6.00. The lowest BCUT2D eigenvalue weighted by atomic mass is 9.89. The van der Waals surface area contributed by atoms with Gasteiger partial charge >= 0.3 is 0 Å². The SMILES string of the molecule is Cl.O=C(c1cnn2cccnc12)N1C[C@@H]2CNC[C@@H]2[C@@H]1c1ccccc1. The molecule has 0 bridgehead atoms. The van der Waals surface area contributed by atoms with Crippen LogP contribution in [0.15, 0.2) is 55.0 Å². The van der Waals surface area contributed by atoms with Crippen molar-refractivity contribution >= 4 is 24.0 Å². The number of rotatable bonds is 2. The molecule has 1 amide bonds. The second-order valence-electron chi connectivity index (χ2n) is 6.84. The van der Waals surface area contributed by atoms with Crippen molar-refractivity contribution in [2.45, 2.75) is 6.04 Å². The molecular formula is C19H20ClN5O. The molecule has 3 atom stereocenters. The van der Waals surface area contributed by atoms with Crippen molar-refractivity contribution in [2.75, 3.05) is 19.6 Å². The molecule has 4 heterocycles. The van der Waals surface area contributed by atoms with Crippen LogP contribution in [0, 0.1) is 11.8 Å². The van der Waals surface area contributed by atoms with E-state index in [0.29, 0.717) is 23.0 Å². The van der Waals surface area contributed by atoms with Crippen LogP contribution in [0.1, 0.15) is 22.0 Å². The van der Waals surface area contributed by atoms with Gasteiger partial charge in [0.25, 0.3) is 5.91 Å². The molecule has 2 saturated heterocycles. The molecule has 2 fully saturated rings. The van der Waals surface area contributed by atoms with Crippen LogP contribution in [-0.2, 0) is 0 Å². The molecule has 2 aliphatic rings. The Labute approximate surface area is 157 Å². The van der Waals surface area contributed by atoms with Crippen molar-refractivity contribution in [3.63, 3.8) is 0 Å². The number of nitrogens with zero attached hydrogens (tertiary/aromatic N) is 4. The summed E-state index contributed by atoms with van der Waals surface area (Å²) in [6.07, 6.45) is 5.15. The first-order chi connectivity index (χ1) is 12.3. The van der Waals surface area contributed by atoms with Gasteiger partial charge in [-0.2, -0.15) is 5.10 Å². The van der Waals surface area contributed by atoms with E-state index in [0.717, 1.165) is 19.6 Å². The predicted molar refractivity (Wildman–Crippen MR) is 100 cm³/mol. The Kier molecular flexibility index (Phi) is 4.38. The molecule has 5 rings (SSSR count). The maximum atomic E-state index is 13.3. The van der Waals surface area contributed by atoms with E-state index >= 15 is 0 Å². The van der Waals surface area contributed by atoms with Gasteiger partial charge in [-0.05, 0) is 17.5 Å². The summed E-state index contributed by atoms with van der Waals surface area (Å²) in [6, 6.07) is 12.3. The number of hydrogen-bond donors (Lipinski definition) is 1. The maximum absolute atomic E-state index is 13.3. The minimum absolute atomic E-state index is 0. The zero-order valence-electron chi connectivity index (χ0n) is 14.2. The first-order valence-electron chi connectivity index (χ1n) is 8.68. The molecule has 0 spiro atoms. The van der Waals surface area contributed by atoms with Crippen LogP contribution >= 0.6 is 12.4 Å². The lowest BCUT2D eigenvalue weighted by Gasteiger charge is -2.28. The molecule has 2 aromatic heterocycles. The molecule has 134 valence electrons. The maximum Gasteiger partial charge on any atom is 0.259 e. The first-order valence-corrected chi connectivity index (χ1v) is 8.68. The number of nitrogens with one attached hydrogen (secondary N) is 1. The van der Waals surface area contributed by atoms with Crippen LogP contribution < -0.4 is 5.32 Å². The fourth-order valence-corrected chi connectivity index (χ4v) is 4.34. The molecule has 0 aliphatic carbocycles. The monoisotopic (exact) mass is 369 g/mol. The Balaban J connectivity index is 0.00000168. The molecule has 6 nitrogen and oxygen atoms in total. The minimum atomic E-state index is 0. The summed E-state index contributed by atoms with van der Waals surface area (Å²) in [5.41, 5.74) is 2.40. The van der Waals surface area contributed by atoms with Crippen molar-refractivity contribution < 1.29 is 4.79 Å². The number of benzene rings is 1. The second kappa shape index (κ2) is 6.70. The summed E-state index contributed by atoms with van der Waals surface area (Å²) in [7, 11) is 0. The standard InChI is InChI=1S/C19H19N5O.ClH/c25-19(16-11-22-24-8-4-7-21-18(16)24)23-12-14-9-20-10-15(14)17(23)13-5-2-1-3-6-13;/h1-8,11,14-15,17,20H,9-10,12H2;1H/t14-,15-,17-;/m0./s1. The molecule has 1 N–H and O–H groups in total. The van der Waals surface area contributed by atoms with E-state index < -0.39 is 0 Å². The Morgan fingerprint density at radius 3 is 2.85 bits per heavy atom. The van der Waals surface area contributed by atoms with E-state index in [-0.39, 0.29) is 24.4 Å². The number of fused-ring (bicyclic) bond motifs is 2. The van der Waals surface area contributed by atoms with E-state index in [1.807, 2.05) is 35.4 Å². The highest BCUT2D eigenvalue weighted by atomic mass is 35.5. The molecule has 0 radical (unpaired) electrons. The van der Waals surface area contributed by atoms with Crippen LogP contribution in [0.5, 0.6) is 0 Å². The largest absolute Gasteiger partial charge is 0.331 e. The molecule has 3 aromatic rings. The third kappa shape index (κ3) is 2.57. The van der Waals surface area contributed by atoms with Crippen LogP contribution in [0.25, 0.3) is 5.65 Å². The zero-order chi connectivity index (χ0) is 16.8. The average Bonchev–Trinajstić information content (AvgIpc) is 3.35. The van der Waals surface area contributed by atoms with Gasteiger partial charge in [-0.15, -0.1) is 12.4 Å². The van der Waals surface area contributed by atoms with Gasteiger partial charge in [0.2, 0.25) is 0 Å². The molecule has 0 unspecified atom stereocenters. The normalized spacial score (nSPS) is 24.5. The Bertz CT molecular complexity index is 928. The van der Waals surface area contributed by atoms with E-state index in [9.17, 15) is 4.79 Å². The van der Waals surface area contributed by atoms with Gasteiger partial charge in [0, 0.05) is 37.9 Å². The number of likely N-dealkylation sites (tertiary alicyclic amines) is 1. The molecule has 7 heteroatoms. The number of carbonyl (C=O) groups excluding carboxylic acids is 1. The van der Waals surface area contributed by atoms with Crippen molar-refractivity contribution in [3.8, 4) is 0 Å². The summed E-state index contributed by atoms with van der Waals surface area (Å²) >= 11 is 0. The van der Waals surface area contributed by atoms with Gasteiger partial charge in [-0.3, -0.25) is 4.79 Å². The summed E-state index contributed by atoms with van der Waals surface area (Å²) in [6.45, 7) is 2.71. The molecule has 2 aliphatic heterocycles. The van der Waals surface area contributed by atoms with Gasteiger partial charge in [0.1, 0.15) is 5.56 Å². The van der Waals surface area contributed by atoms with E-state index in [4.69, 9.17) is 0 Å². The lowest BCUT2D eigenvalue weighted by molar-refractivity contribution is 0.0716. The van der Waals surface area contributed by atoms with Crippen LogP contribution in [0.2, 0.25) is 0 Å². The summed E-state index contributed by atoms with van der Waals surface area (Å²) in [4.78, 5) is 19.7. The zero-order valence-corrected chi connectivity index (χ0v) is 15.0. The quantitative estimate of drug-likeness (QED) is 0.752. The summed E-state index contributed by atoms with van der Waals surface area (Å²) in [5.74, 6) is 0.988. The topological polar surface area (TPSA) is 62.5 Å². The minimum Gasteiger partial charge on any atom is -0.331 e. The van der Waals surface area contributed by atoms with Crippen molar-refractivity contribution in [2.24, 2.45) is 11.8 Å². The van der Waals surface area contributed by atoms with Crippen LogP contribution in [0.4, 0.5) is 0 Å². The highest BCUT2D eigenvalue weighted by Crippen LogP contribution is 2.43. The lowest BCUT2D eigenvalue weighted by Crippen LogP contribution is -2.34. The van der Waals surface area contributed by atoms with Crippen molar-refractivity contribution in [1.82, 2.24) is 24.8 Å². The van der Waals surface area contributed by atoms with Gasteiger partial charge in [0.05, 0.1) is 12.2 Å². The molecule has 0 saturated carbocycles. The number of aromatic nitrogens is 3. The van der Waals surface area contributed by atoms with Gasteiger partial charge in [-0.25, -0.2) is 9.50 Å². The number of halogens is 1.